The van der Waals surface area contributed by atoms with E-state index in [1.807, 2.05) is 18.2 Å². The molecule has 0 bridgehead atoms. The van der Waals surface area contributed by atoms with E-state index in [2.05, 4.69) is 10.4 Å². The third kappa shape index (κ3) is 3.03. The molecule has 7 heteroatoms. The number of nitrogens with one attached hydrogen (secondary N) is 1. The molecule has 2 aromatic rings. The topological polar surface area (TPSA) is 116 Å². The second-order valence-corrected chi connectivity index (χ2v) is 6.17. The van der Waals surface area contributed by atoms with Gasteiger partial charge in [0.05, 0.1) is 11.2 Å². The maximum absolute atomic E-state index is 12.6. The molecule has 0 radical (unpaired) electrons. The number of hydrogen-bond acceptors (Lipinski definition) is 4. The highest BCUT2D eigenvalue weighted by atomic mass is 16.2. The van der Waals surface area contributed by atoms with Crippen molar-refractivity contribution in [2.75, 3.05) is 6.54 Å². The molecule has 3 rings (SSSR count). The molecular weight excluding hydrogens is 306 g/mol. The molecule has 1 aliphatic rings. The molecule has 0 saturated heterocycles. The molecular formula is C17H21N5O2. The van der Waals surface area contributed by atoms with Crippen LogP contribution in [0, 0.1) is 0 Å². The van der Waals surface area contributed by atoms with Crippen LogP contribution in [0.3, 0.4) is 0 Å². The largest absolute Gasteiger partial charge is 0.364 e. The van der Waals surface area contributed by atoms with Crippen LogP contribution in [0.4, 0.5) is 0 Å². The molecule has 126 valence electrons. The molecule has 0 unspecified atom stereocenters. The van der Waals surface area contributed by atoms with E-state index >= 15 is 0 Å². The van der Waals surface area contributed by atoms with Gasteiger partial charge in [-0.2, -0.15) is 5.10 Å². The van der Waals surface area contributed by atoms with Gasteiger partial charge in [-0.3, -0.25) is 9.59 Å². The number of hydrogen-bond donors (Lipinski definition) is 3. The summed E-state index contributed by atoms with van der Waals surface area (Å²) in [6, 6.07) is 10.5. The number of aromatic nitrogens is 2. The van der Waals surface area contributed by atoms with Crippen LogP contribution in [0.5, 0.6) is 0 Å². The molecule has 0 spiro atoms. The van der Waals surface area contributed by atoms with Gasteiger partial charge in [-0.25, -0.2) is 4.68 Å². The summed E-state index contributed by atoms with van der Waals surface area (Å²) in [6.45, 7) is 0.390. The first kappa shape index (κ1) is 16.2. The predicted octanol–water partition coefficient (Wildman–Crippen LogP) is 0.973. The average molecular weight is 327 g/mol. The fourth-order valence-electron chi connectivity index (χ4n) is 3.17. The zero-order valence-corrected chi connectivity index (χ0v) is 13.4. The quantitative estimate of drug-likeness (QED) is 0.758. The smallest absolute Gasteiger partial charge is 0.272 e. The van der Waals surface area contributed by atoms with E-state index in [9.17, 15) is 9.59 Å². The Hall–Kier alpha value is -2.67. The zero-order valence-electron chi connectivity index (χ0n) is 13.4. The van der Waals surface area contributed by atoms with Crippen LogP contribution in [0.15, 0.2) is 36.4 Å². The Bertz CT molecular complexity index is 748. The molecule has 1 saturated carbocycles. The van der Waals surface area contributed by atoms with E-state index in [0.29, 0.717) is 12.2 Å². The highest BCUT2D eigenvalue weighted by molar-refractivity contribution is 5.98. The minimum Gasteiger partial charge on any atom is -0.364 e. The lowest BCUT2D eigenvalue weighted by atomic mass is 9.97. The van der Waals surface area contributed by atoms with Gasteiger partial charge in [0, 0.05) is 12.6 Å². The predicted molar refractivity (Wildman–Crippen MR) is 89.8 cm³/mol. The Balaban J connectivity index is 1.91. The first-order valence-electron chi connectivity index (χ1n) is 8.02. The van der Waals surface area contributed by atoms with E-state index < -0.39 is 5.91 Å². The van der Waals surface area contributed by atoms with Crippen LogP contribution in [-0.2, 0) is 0 Å². The van der Waals surface area contributed by atoms with Gasteiger partial charge in [-0.15, -0.1) is 0 Å². The van der Waals surface area contributed by atoms with Gasteiger partial charge >= 0.3 is 0 Å². The summed E-state index contributed by atoms with van der Waals surface area (Å²) in [5, 5.41) is 7.27. The first-order valence-corrected chi connectivity index (χ1v) is 8.02. The van der Waals surface area contributed by atoms with Crippen molar-refractivity contribution >= 4 is 11.8 Å². The summed E-state index contributed by atoms with van der Waals surface area (Å²) in [5.41, 5.74) is 11.9. The van der Waals surface area contributed by atoms with E-state index in [0.717, 1.165) is 25.7 Å². The molecule has 1 fully saturated rings. The van der Waals surface area contributed by atoms with Gasteiger partial charge in [-0.1, -0.05) is 31.0 Å². The maximum Gasteiger partial charge on any atom is 0.272 e. The van der Waals surface area contributed by atoms with E-state index in [1.54, 1.807) is 12.1 Å². The summed E-state index contributed by atoms with van der Waals surface area (Å²) in [4.78, 5) is 24.3. The van der Waals surface area contributed by atoms with Gasteiger partial charge < -0.3 is 16.8 Å². The minimum absolute atomic E-state index is 0.160. The van der Waals surface area contributed by atoms with E-state index in [1.165, 1.54) is 10.7 Å². The van der Waals surface area contributed by atoms with Crippen molar-refractivity contribution in [3.8, 4) is 5.69 Å². The zero-order chi connectivity index (χ0) is 17.2. The number of carbonyl (C=O) groups excluding carboxylic acids is 2. The number of carbonyl (C=O) groups is 2. The van der Waals surface area contributed by atoms with Crippen LogP contribution in [-0.4, -0.2) is 33.7 Å². The van der Waals surface area contributed by atoms with Crippen molar-refractivity contribution in [2.45, 2.75) is 31.2 Å². The molecule has 2 amide bonds. The summed E-state index contributed by atoms with van der Waals surface area (Å²) in [7, 11) is 0. The molecule has 7 nitrogen and oxygen atoms in total. The Kier molecular flexibility index (Phi) is 4.35. The third-order valence-corrected chi connectivity index (χ3v) is 4.53. The summed E-state index contributed by atoms with van der Waals surface area (Å²) in [6.07, 6.45) is 3.81. The molecule has 1 aliphatic carbocycles. The van der Waals surface area contributed by atoms with Crippen LogP contribution in [0.1, 0.15) is 46.7 Å². The second kappa shape index (κ2) is 6.45. The van der Waals surface area contributed by atoms with Crippen LogP contribution >= 0.6 is 0 Å². The molecule has 1 aromatic heterocycles. The SMILES string of the molecule is NCC1(NC(=O)c2cc(C(N)=O)n(-c3ccccc3)n2)CCCC1. The Morgan fingerprint density at radius 3 is 2.46 bits per heavy atom. The van der Waals surface area contributed by atoms with Gasteiger partial charge in [0.2, 0.25) is 0 Å². The molecule has 1 aromatic carbocycles. The average Bonchev–Trinajstić information content (AvgIpc) is 3.23. The number of nitrogens with zero attached hydrogens (tertiary/aromatic N) is 2. The Morgan fingerprint density at radius 1 is 1.21 bits per heavy atom. The van der Waals surface area contributed by atoms with E-state index in [4.69, 9.17) is 11.5 Å². The van der Waals surface area contributed by atoms with Crippen molar-refractivity contribution in [3.05, 3.63) is 47.8 Å². The fraction of sp³-hybridized carbons (Fsp3) is 0.353. The highest BCUT2D eigenvalue weighted by Crippen LogP contribution is 2.29. The number of para-hydroxylation sites is 1. The highest BCUT2D eigenvalue weighted by Gasteiger charge is 2.35. The van der Waals surface area contributed by atoms with Gasteiger partial charge in [0.25, 0.3) is 11.8 Å². The summed E-state index contributed by atoms with van der Waals surface area (Å²) >= 11 is 0. The normalized spacial score (nSPS) is 16.0. The Morgan fingerprint density at radius 2 is 1.88 bits per heavy atom. The molecule has 1 heterocycles. The lowest BCUT2D eigenvalue weighted by Crippen LogP contribution is -2.51. The Labute approximate surface area is 140 Å². The lowest BCUT2D eigenvalue weighted by molar-refractivity contribution is 0.0897. The molecule has 24 heavy (non-hydrogen) atoms. The number of rotatable bonds is 5. The van der Waals surface area contributed by atoms with Crippen molar-refractivity contribution in [1.29, 1.82) is 0 Å². The van der Waals surface area contributed by atoms with Crippen LogP contribution in [0.2, 0.25) is 0 Å². The fourth-order valence-corrected chi connectivity index (χ4v) is 3.17. The molecule has 0 aliphatic heterocycles. The van der Waals surface area contributed by atoms with Crippen LogP contribution in [0.25, 0.3) is 5.69 Å². The lowest BCUT2D eigenvalue weighted by Gasteiger charge is -2.28. The van der Waals surface area contributed by atoms with Gasteiger partial charge in [-0.05, 0) is 25.0 Å². The standard InChI is InChI=1S/C17H21N5O2/c18-11-17(8-4-5-9-17)20-16(24)13-10-14(15(19)23)22(21-13)12-6-2-1-3-7-12/h1-3,6-7,10H,4-5,8-9,11,18H2,(H2,19,23)(H,20,24). The van der Waals surface area contributed by atoms with Gasteiger partial charge in [0.15, 0.2) is 5.69 Å². The van der Waals surface area contributed by atoms with Crippen molar-refractivity contribution in [1.82, 2.24) is 15.1 Å². The minimum atomic E-state index is -0.639. The van der Waals surface area contributed by atoms with Crippen molar-refractivity contribution in [2.24, 2.45) is 11.5 Å². The van der Waals surface area contributed by atoms with E-state index in [-0.39, 0.29) is 22.8 Å². The van der Waals surface area contributed by atoms with Crippen molar-refractivity contribution in [3.63, 3.8) is 0 Å². The molecule has 5 N–H and O–H groups in total. The number of benzene rings is 1. The number of primary amides is 1. The number of amides is 2. The first-order chi connectivity index (χ1) is 11.5. The van der Waals surface area contributed by atoms with Crippen LogP contribution < -0.4 is 16.8 Å². The summed E-state index contributed by atoms with van der Waals surface area (Å²) in [5.74, 6) is -0.973. The summed E-state index contributed by atoms with van der Waals surface area (Å²) < 4.78 is 1.39. The third-order valence-electron chi connectivity index (χ3n) is 4.53. The number of nitrogens with two attached hydrogens (primary N) is 2. The monoisotopic (exact) mass is 327 g/mol. The maximum atomic E-state index is 12.6. The second-order valence-electron chi connectivity index (χ2n) is 6.17. The van der Waals surface area contributed by atoms with Gasteiger partial charge in [0.1, 0.15) is 5.69 Å². The van der Waals surface area contributed by atoms with Crippen molar-refractivity contribution < 1.29 is 9.59 Å². The molecule has 0 atom stereocenters.